The van der Waals surface area contributed by atoms with Gasteiger partial charge in [0.2, 0.25) is 0 Å². The molecule has 3 rings (SSSR count). The molecular formula is C11H14N4. The molecule has 0 atom stereocenters. The van der Waals surface area contributed by atoms with Crippen molar-refractivity contribution in [2.24, 2.45) is 0 Å². The molecule has 0 bridgehead atoms. The number of rotatable bonds is 1. The van der Waals surface area contributed by atoms with Crippen LogP contribution in [0.3, 0.4) is 0 Å². The Kier molecular flexibility index (Phi) is 2.14. The lowest BCUT2D eigenvalue weighted by Crippen LogP contribution is -2.27. The standard InChI is InChI=1S/C11H14N4/c1-4-12-5-2-8(1)11-14-7-10-9(15-11)3-6-13-10/h3,6-8,12-13H,1-2,4-5H2. The van der Waals surface area contributed by atoms with Gasteiger partial charge in [-0.05, 0) is 32.0 Å². The fourth-order valence-electron chi connectivity index (χ4n) is 2.13. The minimum Gasteiger partial charge on any atom is -0.359 e. The Labute approximate surface area is 88.1 Å². The van der Waals surface area contributed by atoms with Crippen molar-refractivity contribution in [2.45, 2.75) is 18.8 Å². The molecule has 1 aliphatic heterocycles. The molecule has 4 heteroatoms. The molecule has 2 aromatic heterocycles. The number of hydrogen-bond acceptors (Lipinski definition) is 3. The van der Waals surface area contributed by atoms with Crippen LogP contribution in [0, 0.1) is 0 Å². The van der Waals surface area contributed by atoms with E-state index < -0.39 is 0 Å². The van der Waals surface area contributed by atoms with Crippen LogP contribution in [0.25, 0.3) is 11.0 Å². The first kappa shape index (κ1) is 8.85. The molecule has 0 saturated carbocycles. The molecule has 0 spiro atoms. The number of nitrogens with zero attached hydrogens (tertiary/aromatic N) is 2. The second kappa shape index (κ2) is 3.62. The average Bonchev–Trinajstić information content (AvgIpc) is 2.77. The van der Waals surface area contributed by atoms with E-state index in [0.717, 1.165) is 42.8 Å². The molecule has 1 aliphatic rings. The summed E-state index contributed by atoms with van der Waals surface area (Å²) in [6.45, 7) is 2.17. The van der Waals surface area contributed by atoms with Gasteiger partial charge in [-0.25, -0.2) is 9.97 Å². The summed E-state index contributed by atoms with van der Waals surface area (Å²) in [6, 6.07) is 2.00. The second-order valence-corrected chi connectivity index (χ2v) is 4.03. The molecule has 4 nitrogen and oxygen atoms in total. The van der Waals surface area contributed by atoms with Crippen molar-refractivity contribution in [1.82, 2.24) is 20.3 Å². The molecule has 0 radical (unpaired) electrons. The highest BCUT2D eigenvalue weighted by molar-refractivity contribution is 5.73. The van der Waals surface area contributed by atoms with Gasteiger partial charge >= 0.3 is 0 Å². The molecule has 1 saturated heterocycles. The minimum absolute atomic E-state index is 0.533. The monoisotopic (exact) mass is 202 g/mol. The highest BCUT2D eigenvalue weighted by Gasteiger charge is 2.17. The predicted molar refractivity (Wildman–Crippen MR) is 58.7 cm³/mol. The van der Waals surface area contributed by atoms with E-state index in [1.165, 1.54) is 0 Å². The third-order valence-corrected chi connectivity index (χ3v) is 3.02. The van der Waals surface area contributed by atoms with Crippen LogP contribution in [0.5, 0.6) is 0 Å². The topological polar surface area (TPSA) is 53.6 Å². The Bertz CT molecular complexity index is 456. The van der Waals surface area contributed by atoms with Gasteiger partial charge in [-0.3, -0.25) is 0 Å². The Hall–Kier alpha value is -1.42. The molecule has 2 aromatic rings. The Morgan fingerprint density at radius 3 is 3.00 bits per heavy atom. The maximum Gasteiger partial charge on any atom is 0.132 e. The molecule has 15 heavy (non-hydrogen) atoms. The van der Waals surface area contributed by atoms with Gasteiger partial charge in [0, 0.05) is 12.1 Å². The average molecular weight is 202 g/mol. The first-order chi connectivity index (χ1) is 7.43. The van der Waals surface area contributed by atoms with Gasteiger partial charge < -0.3 is 10.3 Å². The summed E-state index contributed by atoms with van der Waals surface area (Å²) in [7, 11) is 0. The molecule has 0 aromatic carbocycles. The Balaban J connectivity index is 1.95. The summed E-state index contributed by atoms with van der Waals surface area (Å²) in [5.41, 5.74) is 2.05. The van der Waals surface area contributed by atoms with Crippen LogP contribution in [-0.2, 0) is 0 Å². The number of H-pyrrole nitrogens is 1. The fraction of sp³-hybridized carbons (Fsp3) is 0.455. The Morgan fingerprint density at radius 2 is 2.13 bits per heavy atom. The van der Waals surface area contributed by atoms with Gasteiger partial charge in [0.05, 0.1) is 17.2 Å². The van der Waals surface area contributed by atoms with Crippen molar-refractivity contribution in [3.05, 3.63) is 24.3 Å². The Morgan fingerprint density at radius 1 is 1.27 bits per heavy atom. The van der Waals surface area contributed by atoms with E-state index in [4.69, 9.17) is 0 Å². The summed E-state index contributed by atoms with van der Waals surface area (Å²) in [4.78, 5) is 12.1. The lowest BCUT2D eigenvalue weighted by atomic mass is 9.97. The van der Waals surface area contributed by atoms with E-state index in [1.54, 1.807) is 0 Å². The zero-order chi connectivity index (χ0) is 10.1. The number of hydrogen-bond donors (Lipinski definition) is 2. The van der Waals surface area contributed by atoms with Crippen molar-refractivity contribution in [1.29, 1.82) is 0 Å². The quantitative estimate of drug-likeness (QED) is 0.735. The fourth-order valence-corrected chi connectivity index (χ4v) is 2.13. The predicted octanol–water partition coefficient (Wildman–Crippen LogP) is 1.42. The first-order valence-corrected chi connectivity index (χ1v) is 5.44. The number of piperidine rings is 1. The largest absolute Gasteiger partial charge is 0.359 e. The van der Waals surface area contributed by atoms with Crippen LogP contribution in [0.15, 0.2) is 18.5 Å². The molecule has 0 unspecified atom stereocenters. The number of nitrogens with one attached hydrogen (secondary N) is 2. The molecule has 3 heterocycles. The van der Waals surface area contributed by atoms with Crippen molar-refractivity contribution >= 4 is 11.0 Å². The zero-order valence-electron chi connectivity index (χ0n) is 8.53. The molecule has 1 fully saturated rings. The van der Waals surface area contributed by atoms with Crippen LogP contribution in [0.4, 0.5) is 0 Å². The van der Waals surface area contributed by atoms with Gasteiger partial charge in [-0.2, -0.15) is 0 Å². The van der Waals surface area contributed by atoms with Gasteiger partial charge in [0.15, 0.2) is 0 Å². The number of aromatic nitrogens is 3. The molecular weight excluding hydrogens is 188 g/mol. The lowest BCUT2D eigenvalue weighted by Gasteiger charge is -2.20. The maximum atomic E-state index is 4.59. The van der Waals surface area contributed by atoms with Crippen LogP contribution >= 0.6 is 0 Å². The van der Waals surface area contributed by atoms with Gasteiger partial charge in [-0.15, -0.1) is 0 Å². The van der Waals surface area contributed by atoms with Crippen LogP contribution in [0.2, 0.25) is 0 Å². The van der Waals surface area contributed by atoms with E-state index >= 15 is 0 Å². The zero-order valence-corrected chi connectivity index (χ0v) is 8.53. The van der Waals surface area contributed by atoms with Crippen molar-refractivity contribution in [3.63, 3.8) is 0 Å². The van der Waals surface area contributed by atoms with E-state index in [-0.39, 0.29) is 0 Å². The van der Waals surface area contributed by atoms with Crippen molar-refractivity contribution < 1.29 is 0 Å². The van der Waals surface area contributed by atoms with Crippen LogP contribution in [-0.4, -0.2) is 28.0 Å². The smallest absolute Gasteiger partial charge is 0.132 e. The third-order valence-electron chi connectivity index (χ3n) is 3.02. The summed E-state index contributed by atoms with van der Waals surface area (Å²) in [5.74, 6) is 1.54. The normalized spacial score (nSPS) is 18.4. The van der Waals surface area contributed by atoms with Gasteiger partial charge in [0.1, 0.15) is 5.82 Å². The van der Waals surface area contributed by atoms with Crippen molar-refractivity contribution in [2.75, 3.05) is 13.1 Å². The third kappa shape index (κ3) is 1.61. The van der Waals surface area contributed by atoms with E-state index in [9.17, 15) is 0 Å². The minimum atomic E-state index is 0.533. The molecule has 2 N–H and O–H groups in total. The van der Waals surface area contributed by atoms with Crippen LogP contribution in [0.1, 0.15) is 24.6 Å². The summed E-state index contributed by atoms with van der Waals surface area (Å²) >= 11 is 0. The van der Waals surface area contributed by atoms with Gasteiger partial charge in [0.25, 0.3) is 0 Å². The van der Waals surface area contributed by atoms with Gasteiger partial charge in [-0.1, -0.05) is 0 Å². The number of fused-ring (bicyclic) bond motifs is 1. The molecule has 0 amide bonds. The molecule has 0 aliphatic carbocycles. The summed E-state index contributed by atoms with van der Waals surface area (Å²) < 4.78 is 0. The molecule has 78 valence electrons. The van der Waals surface area contributed by atoms with E-state index in [1.807, 2.05) is 18.5 Å². The first-order valence-electron chi connectivity index (χ1n) is 5.44. The summed E-state index contributed by atoms with van der Waals surface area (Å²) in [5, 5.41) is 3.35. The highest BCUT2D eigenvalue weighted by Crippen LogP contribution is 2.22. The summed E-state index contributed by atoms with van der Waals surface area (Å²) in [6.07, 6.45) is 6.09. The SMILES string of the molecule is c1cc2nc(C3CCNCC3)ncc2[nH]1. The number of aromatic amines is 1. The van der Waals surface area contributed by atoms with Crippen molar-refractivity contribution in [3.8, 4) is 0 Å². The highest BCUT2D eigenvalue weighted by atomic mass is 14.9. The lowest BCUT2D eigenvalue weighted by molar-refractivity contribution is 0.446. The van der Waals surface area contributed by atoms with E-state index in [2.05, 4.69) is 20.3 Å². The van der Waals surface area contributed by atoms with E-state index in [0.29, 0.717) is 5.92 Å². The maximum absolute atomic E-state index is 4.59. The van der Waals surface area contributed by atoms with Crippen LogP contribution < -0.4 is 5.32 Å². The second-order valence-electron chi connectivity index (χ2n) is 4.03.